The lowest BCUT2D eigenvalue weighted by Crippen LogP contribution is -2.49. The monoisotopic (exact) mass is 582 g/mol. The van der Waals surface area contributed by atoms with Gasteiger partial charge in [0.2, 0.25) is 23.6 Å². The molecule has 214 valence electrons. The summed E-state index contributed by atoms with van der Waals surface area (Å²) in [6, 6.07) is 17.6. The molecule has 1 aromatic heterocycles. The number of allylic oxidation sites excluding steroid dienone is 2. The van der Waals surface area contributed by atoms with Crippen molar-refractivity contribution in [2.45, 2.75) is 32.2 Å². The third kappa shape index (κ3) is 3.59. The lowest BCUT2D eigenvalue weighted by molar-refractivity contribution is -0.141. The summed E-state index contributed by atoms with van der Waals surface area (Å²) in [7, 11) is 1.50. The maximum Gasteiger partial charge on any atom is 0.241 e. The lowest BCUT2D eigenvalue weighted by Gasteiger charge is -2.49. The Morgan fingerprint density at radius 3 is 2.45 bits per heavy atom. The number of aromatic hydroxyl groups is 1. The fourth-order valence-corrected chi connectivity index (χ4v) is 8.62. The lowest BCUT2D eigenvalue weighted by atomic mass is 9.51. The molecule has 7 rings (SSSR count). The highest BCUT2D eigenvalue weighted by molar-refractivity contribution is 7.09. The van der Waals surface area contributed by atoms with Crippen molar-refractivity contribution in [1.82, 2.24) is 4.90 Å². The Morgan fingerprint density at radius 2 is 1.74 bits per heavy atom. The van der Waals surface area contributed by atoms with Gasteiger partial charge in [0.15, 0.2) is 0 Å². The van der Waals surface area contributed by atoms with Crippen LogP contribution in [-0.2, 0) is 25.7 Å². The second-order valence-corrected chi connectivity index (χ2v) is 12.8. The molecule has 8 nitrogen and oxygen atoms in total. The van der Waals surface area contributed by atoms with Gasteiger partial charge < -0.3 is 9.84 Å². The number of imide groups is 2. The first kappa shape index (κ1) is 26.6. The average molecular weight is 583 g/mol. The van der Waals surface area contributed by atoms with Crippen LogP contribution in [0.15, 0.2) is 77.7 Å². The second kappa shape index (κ2) is 9.66. The number of hydrogen-bond acceptors (Lipinski definition) is 7. The fourth-order valence-electron chi connectivity index (χ4n) is 7.93. The van der Waals surface area contributed by atoms with E-state index < -0.39 is 35.0 Å². The van der Waals surface area contributed by atoms with E-state index in [2.05, 4.69) is 0 Å². The molecule has 4 aliphatic rings. The number of ether oxygens (including phenoxy) is 1. The molecular weight excluding hydrogens is 552 g/mol. The van der Waals surface area contributed by atoms with Crippen molar-refractivity contribution in [1.29, 1.82) is 0 Å². The van der Waals surface area contributed by atoms with Crippen LogP contribution >= 0.6 is 11.3 Å². The minimum absolute atomic E-state index is 0.0467. The Kier molecular flexibility index (Phi) is 6.13. The highest BCUT2D eigenvalue weighted by Gasteiger charge is 2.68. The number of fused-ring (bicyclic) bond motifs is 4. The number of amides is 4. The SMILES string of the molecule is COc1cccc(O)c1C1C2=CCC3C(=O)N(Cc4cccs4)C(=O)C3C2CC2C(=O)N(c3ccccc3)C(=O)C21C. The third-order valence-electron chi connectivity index (χ3n) is 9.83. The molecule has 3 fully saturated rings. The molecule has 0 bridgehead atoms. The molecule has 4 amide bonds. The van der Waals surface area contributed by atoms with Crippen LogP contribution in [-0.4, -0.2) is 40.7 Å². The number of para-hydroxylation sites is 1. The van der Waals surface area contributed by atoms with E-state index in [1.54, 1.807) is 49.4 Å². The van der Waals surface area contributed by atoms with E-state index in [1.165, 1.54) is 28.2 Å². The summed E-state index contributed by atoms with van der Waals surface area (Å²) >= 11 is 1.50. The zero-order valence-corrected chi connectivity index (χ0v) is 24.0. The molecule has 2 aromatic carbocycles. The van der Waals surface area contributed by atoms with Crippen molar-refractivity contribution in [2.75, 3.05) is 12.0 Å². The molecule has 1 N–H and O–H groups in total. The van der Waals surface area contributed by atoms with Crippen molar-refractivity contribution in [3.63, 3.8) is 0 Å². The molecule has 3 heterocycles. The number of hydrogen-bond donors (Lipinski definition) is 1. The molecule has 6 atom stereocenters. The van der Waals surface area contributed by atoms with Gasteiger partial charge in [-0.3, -0.25) is 24.1 Å². The number of nitrogens with zero attached hydrogens (tertiary/aromatic N) is 2. The number of carbonyl (C=O) groups excluding carboxylic acids is 4. The van der Waals surface area contributed by atoms with E-state index in [4.69, 9.17) is 4.74 Å². The molecule has 2 saturated heterocycles. The minimum atomic E-state index is -1.25. The van der Waals surface area contributed by atoms with Crippen LogP contribution in [0.1, 0.15) is 36.1 Å². The van der Waals surface area contributed by atoms with Gasteiger partial charge in [-0.05, 0) is 61.4 Å². The first-order chi connectivity index (χ1) is 20.3. The Balaban J connectivity index is 1.38. The van der Waals surface area contributed by atoms with Crippen LogP contribution in [0.4, 0.5) is 5.69 Å². The molecular formula is C33H30N2O6S. The Morgan fingerprint density at radius 1 is 0.952 bits per heavy atom. The van der Waals surface area contributed by atoms with Crippen LogP contribution < -0.4 is 9.64 Å². The van der Waals surface area contributed by atoms with Gasteiger partial charge >= 0.3 is 0 Å². The fraction of sp³-hybridized carbons (Fsp3) is 0.333. The van der Waals surface area contributed by atoms with Crippen LogP contribution in [0.25, 0.3) is 0 Å². The Bertz CT molecular complexity index is 1650. The maximum atomic E-state index is 14.4. The van der Waals surface area contributed by atoms with Crippen molar-refractivity contribution >= 4 is 40.7 Å². The van der Waals surface area contributed by atoms with Crippen molar-refractivity contribution in [3.05, 3.63) is 88.1 Å². The number of methoxy groups -OCH3 is 1. The van der Waals surface area contributed by atoms with Gasteiger partial charge in [0.25, 0.3) is 0 Å². The van der Waals surface area contributed by atoms with E-state index in [0.29, 0.717) is 23.4 Å². The number of benzene rings is 2. The number of rotatable bonds is 5. The average Bonchev–Trinajstić information content (AvgIpc) is 3.65. The number of likely N-dealkylation sites (tertiary alicyclic amines) is 1. The topological polar surface area (TPSA) is 104 Å². The summed E-state index contributed by atoms with van der Waals surface area (Å²) in [5, 5.41) is 13.2. The van der Waals surface area contributed by atoms with Gasteiger partial charge in [-0.25, -0.2) is 4.90 Å². The van der Waals surface area contributed by atoms with E-state index >= 15 is 0 Å². The molecule has 2 aliphatic heterocycles. The minimum Gasteiger partial charge on any atom is -0.508 e. The molecule has 9 heteroatoms. The number of anilines is 1. The summed E-state index contributed by atoms with van der Waals surface area (Å²) in [6.07, 6.45) is 2.59. The summed E-state index contributed by atoms with van der Waals surface area (Å²) in [4.78, 5) is 59.8. The number of phenols is 1. The standard InChI is InChI=1S/C33H30N2O6S/c1-33-23(30(38)35(32(33)40)18-8-4-3-5-9-18)16-22-20(28(33)27-24(36)11-6-12-25(27)41-2)13-14-21-26(22)31(39)34(29(21)37)17-19-10-7-15-42-19/h3-13,15,21-23,26,28,36H,14,16-17H2,1-2H3. The van der Waals surface area contributed by atoms with Crippen molar-refractivity contribution in [3.8, 4) is 11.5 Å². The molecule has 0 radical (unpaired) electrons. The van der Waals surface area contributed by atoms with E-state index in [0.717, 1.165) is 10.5 Å². The largest absolute Gasteiger partial charge is 0.508 e. The zero-order chi connectivity index (χ0) is 29.3. The van der Waals surface area contributed by atoms with Crippen molar-refractivity contribution < 1.29 is 29.0 Å². The first-order valence-electron chi connectivity index (χ1n) is 14.1. The predicted molar refractivity (Wildman–Crippen MR) is 156 cm³/mol. The highest BCUT2D eigenvalue weighted by Crippen LogP contribution is 2.65. The van der Waals surface area contributed by atoms with Crippen LogP contribution in [0.5, 0.6) is 11.5 Å². The zero-order valence-electron chi connectivity index (χ0n) is 23.2. The van der Waals surface area contributed by atoms with E-state index in [1.807, 2.05) is 29.7 Å². The second-order valence-electron chi connectivity index (χ2n) is 11.7. The summed E-state index contributed by atoms with van der Waals surface area (Å²) in [5.74, 6) is -3.90. The normalized spacial score (nSPS) is 30.2. The molecule has 42 heavy (non-hydrogen) atoms. The summed E-state index contributed by atoms with van der Waals surface area (Å²) < 4.78 is 5.70. The molecule has 1 saturated carbocycles. The van der Waals surface area contributed by atoms with Crippen LogP contribution in [0.3, 0.4) is 0 Å². The van der Waals surface area contributed by atoms with Gasteiger partial charge in [-0.2, -0.15) is 0 Å². The van der Waals surface area contributed by atoms with E-state index in [-0.39, 0.29) is 42.3 Å². The van der Waals surface area contributed by atoms with Crippen molar-refractivity contribution in [2.24, 2.45) is 29.1 Å². The van der Waals surface area contributed by atoms with Gasteiger partial charge in [0, 0.05) is 16.4 Å². The predicted octanol–water partition coefficient (Wildman–Crippen LogP) is 4.89. The number of phenolic OH excluding ortho intramolecular Hbond substituents is 1. The molecule has 3 aromatic rings. The Hall–Kier alpha value is -4.24. The summed E-state index contributed by atoms with van der Waals surface area (Å²) in [5.41, 5.74) is 0.460. The van der Waals surface area contributed by atoms with Gasteiger partial charge in [0.05, 0.1) is 42.5 Å². The molecule has 0 spiro atoms. The summed E-state index contributed by atoms with van der Waals surface area (Å²) in [6.45, 7) is 2.02. The van der Waals surface area contributed by atoms with Gasteiger partial charge in [0.1, 0.15) is 11.5 Å². The quantitative estimate of drug-likeness (QED) is 0.339. The first-order valence-corrected chi connectivity index (χ1v) is 15.0. The van der Waals surface area contributed by atoms with Crippen LogP contribution in [0, 0.1) is 29.1 Å². The molecule has 2 aliphatic carbocycles. The number of carbonyl (C=O) groups is 4. The smallest absolute Gasteiger partial charge is 0.241 e. The number of thiophene rings is 1. The van der Waals surface area contributed by atoms with E-state index in [9.17, 15) is 24.3 Å². The maximum absolute atomic E-state index is 14.4. The van der Waals surface area contributed by atoms with Gasteiger partial charge in [-0.15, -0.1) is 11.3 Å². The highest BCUT2D eigenvalue weighted by atomic mass is 32.1. The Labute approximate surface area is 247 Å². The third-order valence-corrected chi connectivity index (χ3v) is 10.7. The van der Waals surface area contributed by atoms with Gasteiger partial charge in [-0.1, -0.05) is 42.0 Å². The molecule has 6 unspecified atom stereocenters. The van der Waals surface area contributed by atoms with Crippen LogP contribution in [0.2, 0.25) is 0 Å².